The lowest BCUT2D eigenvalue weighted by molar-refractivity contribution is -0.144. The van der Waals surface area contributed by atoms with Gasteiger partial charge >= 0.3 is 5.97 Å². The van der Waals surface area contributed by atoms with Gasteiger partial charge in [-0.25, -0.2) is 0 Å². The Morgan fingerprint density at radius 1 is 1.33 bits per heavy atom. The molecule has 0 aliphatic rings. The van der Waals surface area contributed by atoms with E-state index in [4.69, 9.17) is 9.84 Å². The van der Waals surface area contributed by atoms with Gasteiger partial charge in [0.2, 0.25) is 0 Å². The molecule has 2 atom stereocenters. The molecule has 0 saturated carbocycles. The van der Waals surface area contributed by atoms with Gasteiger partial charge in [-0.2, -0.15) is 0 Å². The molecule has 0 fully saturated rings. The van der Waals surface area contributed by atoms with Crippen LogP contribution in [0.1, 0.15) is 47.0 Å². The molecule has 0 spiro atoms. The Hall–Kier alpha value is -1.39. The minimum absolute atomic E-state index is 0.0528. The zero-order valence-corrected chi connectivity index (χ0v) is 13.6. The van der Waals surface area contributed by atoms with Crippen LogP contribution in [-0.2, 0) is 9.53 Å². The van der Waals surface area contributed by atoms with Gasteiger partial charge < -0.3 is 14.9 Å². The van der Waals surface area contributed by atoms with Crippen LogP contribution in [0.3, 0.4) is 0 Å². The van der Waals surface area contributed by atoms with E-state index in [-0.39, 0.29) is 18.7 Å². The second-order valence-corrected chi connectivity index (χ2v) is 5.67. The first-order valence-corrected chi connectivity index (χ1v) is 7.17. The molecule has 2 unspecified atom stereocenters. The van der Waals surface area contributed by atoms with E-state index in [2.05, 4.69) is 6.58 Å². The average molecular weight is 296 g/mol. The summed E-state index contributed by atoms with van der Waals surface area (Å²) in [6, 6.07) is 0. The number of hydrogen-bond acceptors (Lipinski definition) is 4. The van der Waals surface area contributed by atoms with Gasteiger partial charge in [0.1, 0.15) is 6.10 Å². The first kappa shape index (κ1) is 19.6. The van der Waals surface area contributed by atoms with Crippen molar-refractivity contribution in [3.05, 3.63) is 36.0 Å². The number of carbonyl (C=O) groups is 1. The number of allylic oxidation sites excluding steroid dienone is 1. The van der Waals surface area contributed by atoms with Crippen LogP contribution in [0.25, 0.3) is 0 Å². The molecule has 2 N–H and O–H groups in total. The molecule has 120 valence electrons. The molecule has 4 nitrogen and oxygen atoms in total. The van der Waals surface area contributed by atoms with Gasteiger partial charge in [-0.05, 0) is 45.3 Å². The van der Waals surface area contributed by atoms with Gasteiger partial charge in [-0.3, -0.25) is 4.79 Å². The van der Waals surface area contributed by atoms with E-state index < -0.39 is 5.60 Å². The second kappa shape index (κ2) is 9.53. The van der Waals surface area contributed by atoms with E-state index in [0.717, 1.165) is 17.6 Å². The summed E-state index contributed by atoms with van der Waals surface area (Å²) in [5.74, 6) is -0.343. The largest absolute Gasteiger partial charge is 0.458 e. The Labute approximate surface area is 127 Å². The fraction of sp³-hybridized carbons (Fsp3) is 0.588. The first-order chi connectivity index (χ1) is 9.70. The molecule has 0 aromatic heterocycles. The quantitative estimate of drug-likeness (QED) is 0.507. The number of aliphatic hydroxyl groups excluding tert-OH is 1. The Balaban J connectivity index is 4.61. The Bertz CT molecular complexity index is 405. The van der Waals surface area contributed by atoms with E-state index >= 15 is 0 Å². The standard InChI is InChI=1S/C17H28O4/c1-6-17(5,20)9-7-8-13(2)10-16(21-15(4)19)11-14(3)12-18/h6,8,11,16,18,20H,1,7,9-10,12H2,2-5H3/b13-8+,14-11-. The van der Waals surface area contributed by atoms with Crippen molar-refractivity contribution < 1.29 is 19.7 Å². The summed E-state index contributed by atoms with van der Waals surface area (Å²) < 4.78 is 5.23. The van der Waals surface area contributed by atoms with E-state index in [1.807, 2.05) is 13.0 Å². The van der Waals surface area contributed by atoms with E-state index in [9.17, 15) is 9.90 Å². The Kier molecular flexibility index (Phi) is 8.90. The molecule has 0 saturated heterocycles. The fourth-order valence-electron chi connectivity index (χ4n) is 1.83. The summed E-state index contributed by atoms with van der Waals surface area (Å²) in [7, 11) is 0. The highest BCUT2D eigenvalue weighted by Crippen LogP contribution is 2.17. The Morgan fingerprint density at radius 2 is 1.95 bits per heavy atom. The van der Waals surface area contributed by atoms with E-state index in [1.54, 1.807) is 19.9 Å². The van der Waals surface area contributed by atoms with E-state index in [1.165, 1.54) is 13.0 Å². The zero-order chi connectivity index (χ0) is 16.5. The molecule has 0 amide bonds. The minimum Gasteiger partial charge on any atom is -0.458 e. The third-order valence-electron chi connectivity index (χ3n) is 3.14. The molecule has 0 radical (unpaired) electrons. The van der Waals surface area contributed by atoms with Crippen LogP contribution in [0.2, 0.25) is 0 Å². The zero-order valence-electron chi connectivity index (χ0n) is 13.6. The van der Waals surface area contributed by atoms with Crippen molar-refractivity contribution in [3.63, 3.8) is 0 Å². The molecule has 0 aliphatic heterocycles. The SMILES string of the molecule is C=CC(C)(O)CC/C=C(\C)CC(/C=C(/C)CO)OC(C)=O. The molecule has 0 aromatic carbocycles. The van der Waals surface area contributed by atoms with Crippen LogP contribution < -0.4 is 0 Å². The number of ether oxygens (including phenoxy) is 1. The molecular weight excluding hydrogens is 268 g/mol. The molecular formula is C17H28O4. The molecule has 0 aliphatic carbocycles. The van der Waals surface area contributed by atoms with Crippen LogP contribution in [0, 0.1) is 0 Å². The number of rotatable bonds is 9. The summed E-state index contributed by atoms with van der Waals surface area (Å²) in [4.78, 5) is 11.1. The van der Waals surface area contributed by atoms with Gasteiger partial charge in [0.05, 0.1) is 12.2 Å². The summed E-state index contributed by atoms with van der Waals surface area (Å²) in [6.07, 6.45) is 6.84. The summed E-state index contributed by atoms with van der Waals surface area (Å²) >= 11 is 0. The third-order valence-corrected chi connectivity index (χ3v) is 3.14. The van der Waals surface area contributed by atoms with Gasteiger partial charge in [0.25, 0.3) is 0 Å². The van der Waals surface area contributed by atoms with Crippen molar-refractivity contribution in [1.29, 1.82) is 0 Å². The van der Waals surface area contributed by atoms with Crippen molar-refractivity contribution >= 4 is 5.97 Å². The second-order valence-electron chi connectivity index (χ2n) is 5.67. The lowest BCUT2D eigenvalue weighted by Gasteiger charge is -2.18. The predicted molar refractivity (Wildman–Crippen MR) is 84.8 cm³/mol. The third kappa shape index (κ3) is 10.0. The lowest BCUT2D eigenvalue weighted by Crippen LogP contribution is -2.19. The minimum atomic E-state index is -0.862. The highest BCUT2D eigenvalue weighted by atomic mass is 16.5. The van der Waals surface area contributed by atoms with Crippen LogP contribution in [-0.4, -0.2) is 34.5 Å². The fourth-order valence-corrected chi connectivity index (χ4v) is 1.83. The van der Waals surface area contributed by atoms with Crippen molar-refractivity contribution in [2.45, 2.75) is 58.7 Å². The highest BCUT2D eigenvalue weighted by molar-refractivity contribution is 5.66. The molecule has 21 heavy (non-hydrogen) atoms. The first-order valence-electron chi connectivity index (χ1n) is 7.17. The van der Waals surface area contributed by atoms with Crippen molar-refractivity contribution in [2.75, 3.05) is 6.61 Å². The van der Waals surface area contributed by atoms with Crippen LogP contribution >= 0.6 is 0 Å². The van der Waals surface area contributed by atoms with Gasteiger partial charge in [0.15, 0.2) is 0 Å². The predicted octanol–water partition coefficient (Wildman–Crippen LogP) is 2.91. The Morgan fingerprint density at radius 3 is 2.43 bits per heavy atom. The number of esters is 1. The topological polar surface area (TPSA) is 66.8 Å². The normalized spacial score (nSPS) is 17.0. The smallest absolute Gasteiger partial charge is 0.303 e. The van der Waals surface area contributed by atoms with Crippen molar-refractivity contribution in [1.82, 2.24) is 0 Å². The summed E-state index contributed by atoms with van der Waals surface area (Å²) in [5, 5.41) is 18.9. The van der Waals surface area contributed by atoms with Gasteiger partial charge in [0, 0.05) is 13.3 Å². The molecule has 0 bridgehead atoms. The number of aliphatic hydroxyl groups is 2. The van der Waals surface area contributed by atoms with Crippen molar-refractivity contribution in [3.8, 4) is 0 Å². The monoisotopic (exact) mass is 296 g/mol. The highest BCUT2D eigenvalue weighted by Gasteiger charge is 2.14. The van der Waals surface area contributed by atoms with Gasteiger partial charge in [-0.1, -0.05) is 17.7 Å². The maximum Gasteiger partial charge on any atom is 0.303 e. The molecule has 0 heterocycles. The maximum atomic E-state index is 11.1. The lowest BCUT2D eigenvalue weighted by atomic mass is 9.98. The van der Waals surface area contributed by atoms with Crippen LogP contribution in [0.4, 0.5) is 0 Å². The molecule has 0 aromatic rings. The maximum absolute atomic E-state index is 11.1. The van der Waals surface area contributed by atoms with Crippen molar-refractivity contribution in [2.24, 2.45) is 0 Å². The summed E-state index contributed by atoms with van der Waals surface area (Å²) in [6.45, 7) is 10.4. The molecule has 0 rings (SSSR count). The van der Waals surface area contributed by atoms with Crippen LogP contribution in [0.15, 0.2) is 36.0 Å². The number of hydrogen-bond donors (Lipinski definition) is 2. The van der Waals surface area contributed by atoms with Gasteiger partial charge in [-0.15, -0.1) is 6.58 Å². The van der Waals surface area contributed by atoms with Crippen LogP contribution in [0.5, 0.6) is 0 Å². The molecule has 4 heteroatoms. The summed E-state index contributed by atoms with van der Waals surface area (Å²) in [5.41, 5.74) is 0.978. The van der Waals surface area contributed by atoms with E-state index in [0.29, 0.717) is 12.8 Å². The number of carbonyl (C=O) groups excluding carboxylic acids is 1. The average Bonchev–Trinajstić information content (AvgIpc) is 2.37.